The molecule has 0 nitrogen and oxygen atoms in total. The summed E-state index contributed by atoms with van der Waals surface area (Å²) in [5.74, 6) is 0. The van der Waals surface area contributed by atoms with Crippen molar-refractivity contribution in [3.05, 3.63) is 133 Å². The fourth-order valence-corrected chi connectivity index (χ4v) is 8.98. The number of benzene rings is 6. The normalized spacial score (nSPS) is 12.1. The molecule has 0 N–H and O–H groups in total. The predicted octanol–water partition coefficient (Wildman–Crippen LogP) is 8.64. The lowest BCUT2D eigenvalue weighted by Gasteiger charge is -2.30. The minimum atomic E-state index is -2.08. The first-order valence-electron chi connectivity index (χ1n) is 13.0. The van der Waals surface area contributed by atoms with Crippen LogP contribution < -0.4 is 10.4 Å². The highest BCUT2D eigenvalue weighted by Gasteiger charge is 2.35. The Hall–Kier alpha value is -4.20. The fourth-order valence-electron chi connectivity index (χ4n) is 6.24. The molecule has 0 saturated carbocycles. The van der Waals surface area contributed by atoms with Crippen molar-refractivity contribution in [1.82, 2.24) is 0 Å². The Morgan fingerprint density at radius 2 is 0.973 bits per heavy atom. The number of hydrogen-bond acceptors (Lipinski definition) is 0. The van der Waals surface area contributed by atoms with Crippen molar-refractivity contribution in [3.63, 3.8) is 0 Å². The van der Waals surface area contributed by atoms with Gasteiger partial charge in [0.05, 0.1) is 0 Å². The van der Waals surface area contributed by atoms with Gasteiger partial charge in [-0.15, -0.1) is 0 Å². The van der Waals surface area contributed by atoms with Crippen molar-refractivity contribution in [2.24, 2.45) is 0 Å². The molecule has 0 saturated heterocycles. The average Bonchev–Trinajstić information content (AvgIpc) is 3.30. The van der Waals surface area contributed by atoms with E-state index in [2.05, 4.69) is 147 Å². The first-order valence-corrected chi connectivity index (χ1v) is 16.0. The van der Waals surface area contributed by atoms with Crippen LogP contribution in [0.4, 0.5) is 0 Å². The van der Waals surface area contributed by atoms with E-state index in [0.717, 1.165) is 0 Å². The molecule has 1 aliphatic rings. The van der Waals surface area contributed by atoms with Crippen LogP contribution in [0.5, 0.6) is 0 Å². The molecule has 0 bridgehead atoms. The van der Waals surface area contributed by atoms with Gasteiger partial charge in [0.15, 0.2) is 0 Å². The number of fused-ring (bicyclic) bond motifs is 3. The predicted molar refractivity (Wildman–Crippen MR) is 162 cm³/mol. The van der Waals surface area contributed by atoms with Crippen LogP contribution >= 0.6 is 0 Å². The Kier molecular flexibility index (Phi) is 5.02. The standard InChI is InChI=1S/C36H28Si/c1-37(2,28-20-10-5-11-21-28)32-24-31(25-14-6-3-7-15-25)35-29-22-12-18-26-19-13-23-30(33(26)29)36(35)34(32)27-16-8-4-9-17-27/h3-24H,1-2H3. The van der Waals surface area contributed by atoms with Gasteiger partial charge < -0.3 is 0 Å². The molecule has 7 rings (SSSR count). The van der Waals surface area contributed by atoms with Crippen molar-refractivity contribution in [2.75, 3.05) is 0 Å². The lowest BCUT2D eigenvalue weighted by molar-refractivity contribution is 1.59. The van der Waals surface area contributed by atoms with Gasteiger partial charge in [-0.25, -0.2) is 0 Å². The van der Waals surface area contributed by atoms with Crippen LogP contribution in [-0.4, -0.2) is 8.07 Å². The van der Waals surface area contributed by atoms with Crippen molar-refractivity contribution < 1.29 is 0 Å². The van der Waals surface area contributed by atoms with E-state index in [0.29, 0.717) is 0 Å². The quantitative estimate of drug-likeness (QED) is 0.217. The first kappa shape index (κ1) is 22.0. The second-order valence-corrected chi connectivity index (χ2v) is 14.9. The van der Waals surface area contributed by atoms with E-state index in [9.17, 15) is 0 Å². The number of hydrogen-bond donors (Lipinski definition) is 0. The van der Waals surface area contributed by atoms with E-state index < -0.39 is 8.07 Å². The molecule has 1 aliphatic carbocycles. The molecule has 0 aromatic heterocycles. The van der Waals surface area contributed by atoms with Crippen LogP contribution in [0.25, 0.3) is 55.3 Å². The first-order chi connectivity index (χ1) is 18.1. The molecule has 0 spiro atoms. The van der Waals surface area contributed by atoms with Gasteiger partial charge in [-0.2, -0.15) is 0 Å². The fraction of sp³-hybridized carbons (Fsp3) is 0.0556. The molecule has 0 aliphatic heterocycles. The maximum absolute atomic E-state index is 2.54. The molecule has 1 heteroatoms. The summed E-state index contributed by atoms with van der Waals surface area (Å²) in [6, 6.07) is 49.3. The van der Waals surface area contributed by atoms with Crippen molar-refractivity contribution in [2.45, 2.75) is 13.1 Å². The van der Waals surface area contributed by atoms with E-state index in [1.165, 1.54) is 65.7 Å². The SMILES string of the molecule is C[Si](C)(c1ccccc1)c1cc(-c2ccccc2)c2c(c1-c1ccccc1)-c1cccc3cccc-2c13. The van der Waals surface area contributed by atoms with Crippen LogP contribution in [0.15, 0.2) is 133 Å². The van der Waals surface area contributed by atoms with Crippen LogP contribution in [0.3, 0.4) is 0 Å². The summed E-state index contributed by atoms with van der Waals surface area (Å²) in [5.41, 5.74) is 10.8. The van der Waals surface area contributed by atoms with Crippen molar-refractivity contribution in [3.8, 4) is 44.5 Å². The summed E-state index contributed by atoms with van der Waals surface area (Å²) in [5, 5.41) is 5.64. The monoisotopic (exact) mass is 488 g/mol. The Labute approximate surface area is 219 Å². The maximum Gasteiger partial charge on any atom is 0.113 e. The zero-order chi connectivity index (χ0) is 25.0. The highest BCUT2D eigenvalue weighted by atomic mass is 28.3. The Morgan fingerprint density at radius 3 is 1.59 bits per heavy atom. The third kappa shape index (κ3) is 3.35. The van der Waals surface area contributed by atoms with Gasteiger partial charge in [-0.05, 0) is 60.5 Å². The number of rotatable bonds is 4. The van der Waals surface area contributed by atoms with Crippen LogP contribution in [0.2, 0.25) is 13.1 Å². The molecule has 0 fully saturated rings. The zero-order valence-corrected chi connectivity index (χ0v) is 22.2. The molecule has 0 unspecified atom stereocenters. The highest BCUT2D eigenvalue weighted by molar-refractivity contribution is 7.01. The minimum absolute atomic E-state index is 1.28. The summed E-state index contributed by atoms with van der Waals surface area (Å²) in [6.07, 6.45) is 0. The van der Waals surface area contributed by atoms with Gasteiger partial charge in [-0.3, -0.25) is 0 Å². The van der Waals surface area contributed by atoms with Crippen molar-refractivity contribution >= 4 is 29.2 Å². The third-order valence-electron chi connectivity index (χ3n) is 8.09. The topological polar surface area (TPSA) is 0 Å². The summed E-state index contributed by atoms with van der Waals surface area (Å²) in [4.78, 5) is 0. The Bertz CT molecular complexity index is 1760. The van der Waals surface area contributed by atoms with E-state index in [-0.39, 0.29) is 0 Å². The molecule has 176 valence electrons. The van der Waals surface area contributed by atoms with E-state index in [1.54, 1.807) is 0 Å². The maximum atomic E-state index is 2.54. The minimum Gasteiger partial charge on any atom is -0.0626 e. The van der Waals surface area contributed by atoms with Crippen LogP contribution in [-0.2, 0) is 0 Å². The third-order valence-corrected chi connectivity index (χ3v) is 11.6. The van der Waals surface area contributed by atoms with E-state index >= 15 is 0 Å². The highest BCUT2D eigenvalue weighted by Crippen LogP contribution is 2.54. The van der Waals surface area contributed by atoms with Gasteiger partial charge >= 0.3 is 0 Å². The molecular formula is C36H28Si. The largest absolute Gasteiger partial charge is 0.113 e. The molecular weight excluding hydrogens is 460 g/mol. The van der Waals surface area contributed by atoms with Crippen molar-refractivity contribution in [1.29, 1.82) is 0 Å². The van der Waals surface area contributed by atoms with Gasteiger partial charge in [0.25, 0.3) is 0 Å². The summed E-state index contributed by atoms with van der Waals surface area (Å²) >= 11 is 0. The molecule has 0 heterocycles. The van der Waals surface area contributed by atoms with Gasteiger partial charge in [0, 0.05) is 0 Å². The molecule has 6 aromatic carbocycles. The zero-order valence-electron chi connectivity index (χ0n) is 21.2. The van der Waals surface area contributed by atoms with E-state index in [1.807, 2.05) is 0 Å². The molecule has 0 radical (unpaired) electrons. The molecule has 6 aromatic rings. The smallest absolute Gasteiger partial charge is 0.0626 e. The van der Waals surface area contributed by atoms with Crippen LogP contribution in [0.1, 0.15) is 0 Å². The lowest BCUT2D eigenvalue weighted by atomic mass is 9.87. The molecule has 0 atom stereocenters. The second-order valence-electron chi connectivity index (χ2n) is 10.5. The molecule has 0 amide bonds. The van der Waals surface area contributed by atoms with Gasteiger partial charge in [0.2, 0.25) is 0 Å². The molecule has 37 heavy (non-hydrogen) atoms. The average molecular weight is 489 g/mol. The van der Waals surface area contributed by atoms with Crippen LogP contribution in [0, 0.1) is 0 Å². The van der Waals surface area contributed by atoms with Gasteiger partial charge in [-0.1, -0.05) is 152 Å². The van der Waals surface area contributed by atoms with E-state index in [4.69, 9.17) is 0 Å². The Morgan fingerprint density at radius 1 is 0.432 bits per heavy atom. The lowest BCUT2D eigenvalue weighted by Crippen LogP contribution is -2.53. The summed E-state index contributed by atoms with van der Waals surface area (Å²) < 4.78 is 0. The Balaban J connectivity index is 1.69. The summed E-state index contributed by atoms with van der Waals surface area (Å²) in [7, 11) is -2.08. The van der Waals surface area contributed by atoms with Gasteiger partial charge in [0.1, 0.15) is 8.07 Å². The summed E-state index contributed by atoms with van der Waals surface area (Å²) in [6.45, 7) is 5.02. The second kappa shape index (κ2) is 8.43.